The zero-order chi connectivity index (χ0) is 20.1. The first kappa shape index (κ1) is 19.9. The van der Waals surface area contributed by atoms with Gasteiger partial charge in [-0.3, -0.25) is 14.9 Å². The number of carbonyl (C=O) groups excluding carboxylic acids is 2. The quantitative estimate of drug-likeness (QED) is 0.319. The van der Waals surface area contributed by atoms with Gasteiger partial charge >= 0.3 is 5.97 Å². The Morgan fingerprint density at radius 2 is 1.74 bits per heavy atom. The molecule has 2 rings (SSSR count). The molecule has 1 atom stereocenters. The summed E-state index contributed by atoms with van der Waals surface area (Å²) >= 11 is 0. The number of esters is 1. The third-order valence-electron chi connectivity index (χ3n) is 3.92. The van der Waals surface area contributed by atoms with Crippen LogP contribution in [0.1, 0.15) is 27.6 Å². The van der Waals surface area contributed by atoms with Crippen molar-refractivity contribution in [3.63, 3.8) is 0 Å². The zero-order valence-corrected chi connectivity index (χ0v) is 15.5. The number of nitrogens with zero attached hydrogens (tertiary/aromatic N) is 2. The number of methoxy groups -OCH3 is 1. The number of carbonyl (C=O) groups is 2. The van der Waals surface area contributed by atoms with Crippen LogP contribution in [0.2, 0.25) is 0 Å². The second kappa shape index (κ2) is 8.31. The lowest BCUT2D eigenvalue weighted by molar-refractivity contribution is -0.384. The fourth-order valence-corrected chi connectivity index (χ4v) is 2.46. The number of ketones is 1. The SMILES string of the molecule is COc1ccc(C(=O)[C@@H](C)OC(=O)c2cc([N+](=O)[O-])ccc2N(C)C)cc1. The summed E-state index contributed by atoms with van der Waals surface area (Å²) in [4.78, 5) is 37.1. The van der Waals surface area contributed by atoms with Crippen LogP contribution in [0.3, 0.4) is 0 Å². The van der Waals surface area contributed by atoms with Crippen molar-refractivity contribution in [2.45, 2.75) is 13.0 Å². The summed E-state index contributed by atoms with van der Waals surface area (Å²) in [6.45, 7) is 1.46. The van der Waals surface area contributed by atoms with Gasteiger partial charge in [0.2, 0.25) is 5.78 Å². The molecule has 142 valence electrons. The number of hydrogen-bond acceptors (Lipinski definition) is 7. The van der Waals surface area contributed by atoms with Crippen LogP contribution >= 0.6 is 0 Å². The Morgan fingerprint density at radius 3 is 2.26 bits per heavy atom. The van der Waals surface area contributed by atoms with Gasteiger partial charge < -0.3 is 14.4 Å². The van der Waals surface area contributed by atoms with E-state index < -0.39 is 17.0 Å². The average molecular weight is 372 g/mol. The average Bonchev–Trinajstić information content (AvgIpc) is 2.66. The fourth-order valence-electron chi connectivity index (χ4n) is 2.46. The van der Waals surface area contributed by atoms with Crippen molar-refractivity contribution in [3.05, 3.63) is 63.7 Å². The van der Waals surface area contributed by atoms with Gasteiger partial charge in [-0.25, -0.2) is 4.79 Å². The second-order valence-corrected chi connectivity index (χ2v) is 5.99. The molecule has 0 fully saturated rings. The highest BCUT2D eigenvalue weighted by molar-refractivity contribution is 6.03. The summed E-state index contributed by atoms with van der Waals surface area (Å²) in [6, 6.07) is 10.3. The molecule has 0 bridgehead atoms. The molecule has 0 aliphatic heterocycles. The van der Waals surface area contributed by atoms with Gasteiger partial charge in [0.05, 0.1) is 23.3 Å². The van der Waals surface area contributed by atoms with E-state index in [0.717, 1.165) is 6.07 Å². The fraction of sp³-hybridized carbons (Fsp3) is 0.263. The van der Waals surface area contributed by atoms with Crippen LogP contribution in [0.4, 0.5) is 11.4 Å². The molecule has 0 aliphatic carbocycles. The molecule has 0 aromatic heterocycles. The first-order chi connectivity index (χ1) is 12.7. The summed E-state index contributed by atoms with van der Waals surface area (Å²) in [6.07, 6.45) is -1.06. The largest absolute Gasteiger partial charge is 0.497 e. The Labute approximate surface area is 156 Å². The van der Waals surface area contributed by atoms with Gasteiger partial charge in [-0.15, -0.1) is 0 Å². The van der Waals surface area contributed by atoms with Crippen LogP contribution in [0.25, 0.3) is 0 Å². The Hall–Kier alpha value is -3.42. The van der Waals surface area contributed by atoms with Crippen molar-refractivity contribution in [2.75, 3.05) is 26.1 Å². The van der Waals surface area contributed by atoms with Crippen molar-refractivity contribution >= 4 is 23.1 Å². The van der Waals surface area contributed by atoms with E-state index in [9.17, 15) is 19.7 Å². The maximum Gasteiger partial charge on any atom is 0.341 e. The Kier molecular flexibility index (Phi) is 6.12. The molecular weight excluding hydrogens is 352 g/mol. The third kappa shape index (κ3) is 4.60. The summed E-state index contributed by atoms with van der Waals surface area (Å²) < 4.78 is 10.3. The summed E-state index contributed by atoms with van der Waals surface area (Å²) in [5.74, 6) is -0.594. The Balaban J connectivity index is 2.23. The molecule has 2 aromatic carbocycles. The van der Waals surface area contributed by atoms with Crippen molar-refractivity contribution in [1.82, 2.24) is 0 Å². The van der Waals surface area contributed by atoms with Gasteiger partial charge in [0, 0.05) is 31.8 Å². The second-order valence-electron chi connectivity index (χ2n) is 5.99. The molecule has 0 saturated carbocycles. The molecule has 0 amide bonds. The number of nitro benzene ring substituents is 1. The Morgan fingerprint density at radius 1 is 1.11 bits per heavy atom. The monoisotopic (exact) mass is 372 g/mol. The van der Waals surface area contributed by atoms with Crippen molar-refractivity contribution in [2.24, 2.45) is 0 Å². The van der Waals surface area contributed by atoms with Gasteiger partial charge in [-0.05, 0) is 37.3 Å². The van der Waals surface area contributed by atoms with Crippen molar-refractivity contribution in [1.29, 1.82) is 0 Å². The highest BCUT2D eigenvalue weighted by Gasteiger charge is 2.24. The lowest BCUT2D eigenvalue weighted by Gasteiger charge is -2.18. The van der Waals surface area contributed by atoms with Crippen molar-refractivity contribution < 1.29 is 24.0 Å². The summed E-state index contributed by atoms with van der Waals surface area (Å²) in [5.41, 5.74) is 0.600. The van der Waals surface area contributed by atoms with Crippen LogP contribution in [-0.4, -0.2) is 44.0 Å². The molecule has 8 nitrogen and oxygen atoms in total. The predicted molar refractivity (Wildman–Crippen MR) is 99.6 cm³/mol. The first-order valence-corrected chi connectivity index (χ1v) is 8.09. The van der Waals surface area contributed by atoms with Crippen molar-refractivity contribution in [3.8, 4) is 5.75 Å². The maximum absolute atomic E-state index is 12.5. The predicted octanol–water partition coefficient (Wildman–Crippen LogP) is 3.10. The van der Waals surface area contributed by atoms with E-state index in [1.165, 1.54) is 26.2 Å². The van der Waals surface area contributed by atoms with E-state index in [1.54, 1.807) is 43.3 Å². The van der Waals surface area contributed by atoms with Gasteiger partial charge in [0.25, 0.3) is 5.69 Å². The molecule has 0 unspecified atom stereocenters. The van der Waals surface area contributed by atoms with E-state index >= 15 is 0 Å². The van der Waals surface area contributed by atoms with E-state index in [2.05, 4.69) is 0 Å². The summed E-state index contributed by atoms with van der Waals surface area (Å²) in [5, 5.41) is 11.0. The normalized spacial score (nSPS) is 11.4. The maximum atomic E-state index is 12.5. The van der Waals surface area contributed by atoms with E-state index in [1.807, 2.05) is 0 Å². The van der Waals surface area contributed by atoms with Crippen LogP contribution < -0.4 is 9.64 Å². The molecule has 0 spiro atoms. The number of non-ortho nitro benzene ring substituents is 1. The number of ether oxygens (including phenoxy) is 2. The van der Waals surface area contributed by atoms with Crippen LogP contribution in [0.15, 0.2) is 42.5 Å². The highest BCUT2D eigenvalue weighted by Crippen LogP contribution is 2.25. The van der Waals surface area contributed by atoms with Crippen LogP contribution in [0.5, 0.6) is 5.75 Å². The molecule has 0 radical (unpaired) electrons. The smallest absolute Gasteiger partial charge is 0.341 e. The standard InChI is InChI=1S/C19H20N2O6/c1-12(18(22)13-5-8-15(26-4)9-6-13)27-19(23)16-11-14(21(24)25)7-10-17(16)20(2)3/h5-12H,1-4H3/t12-/m1/s1. The lowest BCUT2D eigenvalue weighted by atomic mass is 10.1. The van der Waals surface area contributed by atoms with E-state index in [4.69, 9.17) is 9.47 Å². The van der Waals surface area contributed by atoms with Crippen LogP contribution in [0, 0.1) is 10.1 Å². The summed E-state index contributed by atoms with van der Waals surface area (Å²) in [7, 11) is 4.91. The minimum atomic E-state index is -1.06. The van der Waals surface area contributed by atoms with Crippen LogP contribution in [-0.2, 0) is 4.74 Å². The lowest BCUT2D eigenvalue weighted by Crippen LogP contribution is -2.25. The van der Waals surface area contributed by atoms with Gasteiger partial charge in [-0.1, -0.05) is 0 Å². The molecule has 2 aromatic rings. The minimum absolute atomic E-state index is 0.0172. The number of benzene rings is 2. The number of Topliss-reactive ketones (excluding diaryl/α,β-unsaturated/α-hetero) is 1. The third-order valence-corrected chi connectivity index (χ3v) is 3.92. The molecular formula is C19H20N2O6. The van der Waals surface area contributed by atoms with E-state index in [-0.39, 0.29) is 17.0 Å². The number of anilines is 1. The van der Waals surface area contributed by atoms with Gasteiger partial charge in [0.15, 0.2) is 6.10 Å². The number of rotatable bonds is 7. The first-order valence-electron chi connectivity index (χ1n) is 8.09. The van der Waals surface area contributed by atoms with Gasteiger partial charge in [0.1, 0.15) is 5.75 Å². The number of nitro groups is 1. The minimum Gasteiger partial charge on any atom is -0.497 e. The molecule has 8 heteroatoms. The zero-order valence-electron chi connectivity index (χ0n) is 15.5. The molecule has 0 aliphatic rings. The van der Waals surface area contributed by atoms with Gasteiger partial charge in [-0.2, -0.15) is 0 Å². The highest BCUT2D eigenvalue weighted by atomic mass is 16.6. The molecule has 27 heavy (non-hydrogen) atoms. The molecule has 0 N–H and O–H groups in total. The Bertz CT molecular complexity index is 861. The number of hydrogen-bond donors (Lipinski definition) is 0. The topological polar surface area (TPSA) is 99.0 Å². The molecule has 0 heterocycles. The molecule has 0 saturated heterocycles. The van der Waals surface area contributed by atoms with E-state index in [0.29, 0.717) is 17.0 Å².